The second-order valence-electron chi connectivity index (χ2n) is 6.73. The van der Waals surface area contributed by atoms with Gasteiger partial charge in [-0.1, -0.05) is 30.3 Å². The summed E-state index contributed by atoms with van der Waals surface area (Å²) in [4.78, 5) is 28.9. The molecule has 1 aromatic carbocycles. The highest BCUT2D eigenvalue weighted by Crippen LogP contribution is 2.21. The van der Waals surface area contributed by atoms with Crippen LogP contribution in [0.15, 0.2) is 30.3 Å². The number of nitrogens with zero attached hydrogens (tertiary/aromatic N) is 2. The van der Waals surface area contributed by atoms with Crippen LogP contribution in [0.5, 0.6) is 0 Å². The minimum absolute atomic E-state index is 0.111. The Hall–Kier alpha value is -1.72. The molecule has 0 aliphatic carbocycles. The first-order valence-electron chi connectivity index (χ1n) is 8.42. The van der Waals surface area contributed by atoms with Gasteiger partial charge in [0.15, 0.2) is 0 Å². The molecule has 0 radical (unpaired) electrons. The molecule has 0 bridgehead atoms. The van der Waals surface area contributed by atoms with E-state index in [0.29, 0.717) is 12.5 Å². The molecule has 2 saturated heterocycles. The van der Waals surface area contributed by atoms with Gasteiger partial charge in [0.1, 0.15) is 0 Å². The van der Waals surface area contributed by atoms with E-state index in [-0.39, 0.29) is 18.2 Å². The maximum atomic E-state index is 12.1. The van der Waals surface area contributed by atoms with Crippen molar-refractivity contribution in [3.05, 3.63) is 35.9 Å². The second kappa shape index (κ2) is 7.23. The number of hydrogen-bond acceptors (Lipinski definition) is 4. The van der Waals surface area contributed by atoms with Crippen molar-refractivity contribution in [2.45, 2.75) is 31.3 Å². The van der Waals surface area contributed by atoms with Gasteiger partial charge in [-0.2, -0.15) is 0 Å². The Morgan fingerprint density at radius 3 is 2.74 bits per heavy atom. The number of benzene rings is 1. The highest BCUT2D eigenvalue weighted by atomic mass is 16.2. The molecule has 1 aromatic rings. The molecular weight excluding hydrogens is 290 g/mol. The summed E-state index contributed by atoms with van der Waals surface area (Å²) in [5.41, 5.74) is 1.09. The predicted octanol–water partition coefficient (Wildman–Crippen LogP) is 0.693. The van der Waals surface area contributed by atoms with Crippen molar-refractivity contribution >= 4 is 11.7 Å². The molecule has 5 heteroatoms. The van der Waals surface area contributed by atoms with E-state index in [0.717, 1.165) is 38.2 Å². The molecule has 3 rings (SSSR count). The molecule has 5 nitrogen and oxygen atoms in total. The average Bonchev–Trinajstić information content (AvgIpc) is 2.94. The van der Waals surface area contributed by atoms with Gasteiger partial charge in [0.25, 0.3) is 5.91 Å². The molecule has 0 unspecified atom stereocenters. The lowest BCUT2D eigenvalue weighted by atomic mass is 10.1. The largest absolute Gasteiger partial charge is 0.345 e. The van der Waals surface area contributed by atoms with Crippen LogP contribution in [0.25, 0.3) is 0 Å². The van der Waals surface area contributed by atoms with Gasteiger partial charge < -0.3 is 10.2 Å². The molecule has 1 N–H and O–H groups in total. The number of rotatable bonds is 5. The van der Waals surface area contributed by atoms with E-state index in [1.165, 1.54) is 0 Å². The first-order valence-corrected chi connectivity index (χ1v) is 8.42. The minimum Gasteiger partial charge on any atom is -0.345 e. The number of piperazine rings is 1. The van der Waals surface area contributed by atoms with Gasteiger partial charge in [-0.25, -0.2) is 0 Å². The number of likely N-dealkylation sites (N-methyl/N-ethyl adjacent to an activating group) is 1. The van der Waals surface area contributed by atoms with Crippen LogP contribution < -0.4 is 5.32 Å². The second-order valence-corrected chi connectivity index (χ2v) is 6.73. The van der Waals surface area contributed by atoms with Crippen molar-refractivity contribution in [2.24, 2.45) is 0 Å². The summed E-state index contributed by atoms with van der Waals surface area (Å²) in [7, 11) is 2.14. The molecule has 0 aromatic heterocycles. The Kier molecular flexibility index (Phi) is 5.08. The molecule has 2 heterocycles. The van der Waals surface area contributed by atoms with Crippen molar-refractivity contribution in [1.82, 2.24) is 15.1 Å². The number of amides is 1. The van der Waals surface area contributed by atoms with Crippen LogP contribution in [0.4, 0.5) is 0 Å². The molecule has 23 heavy (non-hydrogen) atoms. The SMILES string of the molecule is CN1CCN2C[C@@H](NC(=O)C(=O)CCc3ccccc3)C[C@H]2C1. The molecule has 0 spiro atoms. The Balaban J connectivity index is 1.45. The molecule has 2 fully saturated rings. The topological polar surface area (TPSA) is 52.6 Å². The van der Waals surface area contributed by atoms with E-state index in [4.69, 9.17) is 0 Å². The maximum absolute atomic E-state index is 12.1. The summed E-state index contributed by atoms with van der Waals surface area (Å²) in [6.07, 6.45) is 1.85. The number of fused-ring (bicyclic) bond motifs is 1. The van der Waals surface area contributed by atoms with Crippen LogP contribution in [0, 0.1) is 0 Å². The van der Waals surface area contributed by atoms with Crippen molar-refractivity contribution in [2.75, 3.05) is 33.2 Å². The highest BCUT2D eigenvalue weighted by Gasteiger charge is 2.36. The van der Waals surface area contributed by atoms with Gasteiger partial charge >= 0.3 is 0 Å². The third-order valence-electron chi connectivity index (χ3n) is 4.89. The summed E-state index contributed by atoms with van der Waals surface area (Å²) >= 11 is 0. The number of carbonyl (C=O) groups excluding carboxylic acids is 2. The smallest absolute Gasteiger partial charge is 0.287 e. The van der Waals surface area contributed by atoms with Gasteiger partial charge in [-0.3, -0.25) is 14.5 Å². The van der Waals surface area contributed by atoms with Gasteiger partial charge in [0, 0.05) is 44.7 Å². The van der Waals surface area contributed by atoms with Gasteiger partial charge in [-0.05, 0) is 25.5 Å². The van der Waals surface area contributed by atoms with Crippen LogP contribution in [0.1, 0.15) is 18.4 Å². The monoisotopic (exact) mass is 315 g/mol. The lowest BCUT2D eigenvalue weighted by Gasteiger charge is -2.34. The molecule has 124 valence electrons. The van der Waals surface area contributed by atoms with Crippen LogP contribution >= 0.6 is 0 Å². The van der Waals surface area contributed by atoms with Gasteiger partial charge in [0.2, 0.25) is 5.78 Å². The normalized spacial score (nSPS) is 25.1. The maximum Gasteiger partial charge on any atom is 0.287 e. The number of nitrogens with one attached hydrogen (secondary N) is 1. The average molecular weight is 315 g/mol. The van der Waals surface area contributed by atoms with Gasteiger partial charge in [-0.15, -0.1) is 0 Å². The zero-order valence-corrected chi connectivity index (χ0v) is 13.7. The molecule has 2 atom stereocenters. The quantitative estimate of drug-likeness (QED) is 0.813. The highest BCUT2D eigenvalue weighted by molar-refractivity contribution is 6.36. The van der Waals surface area contributed by atoms with Crippen LogP contribution in [-0.2, 0) is 16.0 Å². The molecule has 2 aliphatic rings. The van der Waals surface area contributed by atoms with E-state index in [9.17, 15) is 9.59 Å². The molecule has 1 amide bonds. The van der Waals surface area contributed by atoms with Crippen molar-refractivity contribution in [1.29, 1.82) is 0 Å². The first-order chi connectivity index (χ1) is 11.1. The Bertz CT molecular complexity index is 561. The fourth-order valence-corrected chi connectivity index (χ4v) is 3.58. The summed E-state index contributed by atoms with van der Waals surface area (Å²) in [5, 5.41) is 2.94. The predicted molar refractivity (Wildman–Crippen MR) is 89.2 cm³/mol. The zero-order chi connectivity index (χ0) is 16.2. The third kappa shape index (κ3) is 4.18. The zero-order valence-electron chi connectivity index (χ0n) is 13.7. The number of aryl methyl sites for hydroxylation is 1. The number of Topliss-reactive ketones (excluding diaryl/α,β-unsaturated/α-hetero) is 1. The van der Waals surface area contributed by atoms with E-state index >= 15 is 0 Å². The summed E-state index contributed by atoms with van der Waals surface area (Å²) in [6.45, 7) is 4.05. The standard InChI is InChI=1S/C18H25N3O2/c1-20-9-10-21-12-15(11-16(21)13-20)19-18(23)17(22)8-7-14-5-3-2-4-6-14/h2-6,15-16H,7-13H2,1H3,(H,19,23)/t15-,16-/m0/s1. The van der Waals surface area contributed by atoms with E-state index in [2.05, 4.69) is 22.2 Å². The summed E-state index contributed by atoms with van der Waals surface area (Å²) in [6, 6.07) is 10.4. The fourth-order valence-electron chi connectivity index (χ4n) is 3.58. The Morgan fingerprint density at radius 1 is 1.17 bits per heavy atom. The summed E-state index contributed by atoms with van der Waals surface area (Å²) < 4.78 is 0. The molecule has 2 aliphatic heterocycles. The Labute approximate surface area is 137 Å². The lowest BCUT2D eigenvalue weighted by Crippen LogP contribution is -2.48. The van der Waals surface area contributed by atoms with Crippen LogP contribution in [0.2, 0.25) is 0 Å². The van der Waals surface area contributed by atoms with E-state index in [1.54, 1.807) is 0 Å². The fraction of sp³-hybridized carbons (Fsp3) is 0.556. The minimum atomic E-state index is -0.417. The van der Waals surface area contributed by atoms with Crippen LogP contribution in [0.3, 0.4) is 0 Å². The Morgan fingerprint density at radius 2 is 1.96 bits per heavy atom. The molecule has 0 saturated carbocycles. The number of hydrogen-bond donors (Lipinski definition) is 1. The van der Waals surface area contributed by atoms with Crippen molar-refractivity contribution < 1.29 is 9.59 Å². The third-order valence-corrected chi connectivity index (χ3v) is 4.89. The number of carbonyl (C=O) groups is 2. The summed E-state index contributed by atoms with van der Waals surface area (Å²) in [5.74, 6) is -0.727. The first kappa shape index (κ1) is 16.1. The van der Waals surface area contributed by atoms with E-state index in [1.807, 2.05) is 30.3 Å². The van der Waals surface area contributed by atoms with Crippen LogP contribution in [-0.4, -0.2) is 66.8 Å². The van der Waals surface area contributed by atoms with Crippen molar-refractivity contribution in [3.63, 3.8) is 0 Å². The lowest BCUT2D eigenvalue weighted by molar-refractivity contribution is -0.138. The van der Waals surface area contributed by atoms with E-state index < -0.39 is 5.91 Å². The van der Waals surface area contributed by atoms with Gasteiger partial charge in [0.05, 0.1) is 0 Å². The molecular formula is C18H25N3O2. The van der Waals surface area contributed by atoms with Crippen molar-refractivity contribution in [3.8, 4) is 0 Å². The number of ketones is 1.